The molecule has 1 unspecified atom stereocenters. The minimum Gasteiger partial charge on any atom is -0.297 e. The second-order valence-electron chi connectivity index (χ2n) is 3.02. The highest BCUT2D eigenvalue weighted by atomic mass is 35.5. The van der Waals surface area contributed by atoms with Crippen molar-refractivity contribution in [2.45, 2.75) is 16.6 Å². The second-order valence-corrected chi connectivity index (χ2v) is 4.53. The molecule has 1 aromatic carbocycles. The minimum absolute atomic E-state index is 0.0508. The minimum atomic E-state index is 0.0508. The van der Waals surface area contributed by atoms with Gasteiger partial charge < -0.3 is 0 Å². The number of carbonyl (C=O) groups is 1. The number of Topliss-reactive ketones (excluding diaryl/α,β-unsaturated/α-hetero) is 1. The lowest BCUT2D eigenvalue weighted by Crippen LogP contribution is -2.17. The third-order valence-corrected chi connectivity index (χ3v) is 3.77. The number of halogens is 1. The van der Waals surface area contributed by atoms with E-state index in [1.54, 1.807) is 11.8 Å². The standard InChI is InChI=1S/C10H9ClOS/c11-6-8(12)10-5-7-3-1-2-4-9(7)13-10/h1-4,10H,5-6H2. The Hall–Kier alpha value is -0.470. The molecule has 1 atom stereocenters. The van der Waals surface area contributed by atoms with Gasteiger partial charge in [0.15, 0.2) is 5.78 Å². The molecule has 1 aliphatic heterocycles. The maximum absolute atomic E-state index is 11.3. The molecule has 1 aliphatic rings. The summed E-state index contributed by atoms with van der Waals surface area (Å²) < 4.78 is 0. The molecule has 2 rings (SSSR count). The lowest BCUT2D eigenvalue weighted by atomic mass is 10.1. The van der Waals surface area contributed by atoms with Crippen molar-refractivity contribution in [1.29, 1.82) is 0 Å². The smallest absolute Gasteiger partial charge is 0.161 e. The van der Waals surface area contributed by atoms with E-state index < -0.39 is 0 Å². The van der Waals surface area contributed by atoms with Gasteiger partial charge in [-0.05, 0) is 18.1 Å². The van der Waals surface area contributed by atoms with Crippen LogP contribution in [0.3, 0.4) is 0 Å². The van der Waals surface area contributed by atoms with E-state index in [4.69, 9.17) is 11.6 Å². The van der Waals surface area contributed by atoms with E-state index in [0.717, 1.165) is 6.42 Å². The van der Waals surface area contributed by atoms with Crippen molar-refractivity contribution in [3.8, 4) is 0 Å². The lowest BCUT2D eigenvalue weighted by Gasteiger charge is -2.02. The summed E-state index contributed by atoms with van der Waals surface area (Å²) in [6.07, 6.45) is 0.840. The van der Waals surface area contributed by atoms with E-state index >= 15 is 0 Å². The molecule has 0 saturated heterocycles. The number of carbonyl (C=O) groups excluding carboxylic acids is 1. The number of thioether (sulfide) groups is 1. The van der Waals surface area contributed by atoms with Gasteiger partial charge in [0.05, 0.1) is 11.1 Å². The van der Waals surface area contributed by atoms with E-state index in [-0.39, 0.29) is 16.9 Å². The van der Waals surface area contributed by atoms with Gasteiger partial charge in [-0.2, -0.15) is 0 Å². The van der Waals surface area contributed by atoms with Crippen LogP contribution < -0.4 is 0 Å². The van der Waals surface area contributed by atoms with Crippen LogP contribution in [0.5, 0.6) is 0 Å². The van der Waals surface area contributed by atoms with Crippen LogP contribution in [0.4, 0.5) is 0 Å². The van der Waals surface area contributed by atoms with Gasteiger partial charge in [-0.1, -0.05) is 18.2 Å². The zero-order valence-electron chi connectivity index (χ0n) is 7.00. The Balaban J connectivity index is 2.18. The fourth-order valence-electron chi connectivity index (χ4n) is 1.45. The molecular weight excluding hydrogens is 204 g/mol. The van der Waals surface area contributed by atoms with Crippen LogP contribution in [0.25, 0.3) is 0 Å². The van der Waals surface area contributed by atoms with Crippen LogP contribution in [-0.2, 0) is 11.2 Å². The quantitative estimate of drug-likeness (QED) is 0.701. The molecule has 0 aliphatic carbocycles. The summed E-state index contributed by atoms with van der Waals surface area (Å²) in [5, 5.41) is 0.0508. The van der Waals surface area contributed by atoms with Crippen molar-refractivity contribution >= 4 is 29.1 Å². The van der Waals surface area contributed by atoms with E-state index in [9.17, 15) is 4.79 Å². The molecule has 1 nitrogen and oxygen atoms in total. The van der Waals surface area contributed by atoms with Gasteiger partial charge >= 0.3 is 0 Å². The monoisotopic (exact) mass is 212 g/mol. The molecule has 0 saturated carbocycles. The van der Waals surface area contributed by atoms with Gasteiger partial charge in [0.25, 0.3) is 0 Å². The Bertz CT molecular complexity index is 312. The first kappa shape index (κ1) is 9.10. The Kier molecular flexibility index (Phi) is 2.61. The Morgan fingerprint density at radius 2 is 2.31 bits per heavy atom. The zero-order chi connectivity index (χ0) is 9.26. The maximum Gasteiger partial charge on any atom is 0.161 e. The fraction of sp³-hybridized carbons (Fsp3) is 0.300. The largest absolute Gasteiger partial charge is 0.297 e. The molecule has 0 amide bonds. The highest BCUT2D eigenvalue weighted by Gasteiger charge is 2.26. The first-order chi connectivity index (χ1) is 6.31. The third-order valence-electron chi connectivity index (χ3n) is 2.14. The SMILES string of the molecule is O=C(CCl)C1Cc2ccccc2S1. The van der Waals surface area contributed by atoms with Crippen LogP contribution in [0.2, 0.25) is 0 Å². The summed E-state index contributed by atoms with van der Waals surface area (Å²) >= 11 is 7.15. The number of alkyl halides is 1. The fourth-order valence-corrected chi connectivity index (χ4v) is 2.97. The molecule has 3 heteroatoms. The molecule has 0 bridgehead atoms. The van der Waals surface area contributed by atoms with Gasteiger partial charge in [-0.15, -0.1) is 23.4 Å². The average molecular weight is 213 g/mol. The van der Waals surface area contributed by atoms with Crippen molar-refractivity contribution in [2.75, 3.05) is 5.88 Å². The predicted molar refractivity (Wildman–Crippen MR) is 55.5 cm³/mol. The molecule has 0 N–H and O–H groups in total. The van der Waals surface area contributed by atoms with Crippen LogP contribution in [0.1, 0.15) is 5.56 Å². The van der Waals surface area contributed by atoms with Gasteiger partial charge in [0, 0.05) is 4.90 Å². The molecule has 0 radical (unpaired) electrons. The van der Waals surface area contributed by atoms with E-state index in [2.05, 4.69) is 12.1 Å². The summed E-state index contributed by atoms with van der Waals surface area (Å²) in [7, 11) is 0. The predicted octanol–water partition coefficient (Wildman–Crippen LogP) is 2.51. The number of benzene rings is 1. The van der Waals surface area contributed by atoms with Gasteiger partial charge in [0.2, 0.25) is 0 Å². The summed E-state index contributed by atoms with van der Waals surface area (Å²) in [5.74, 6) is 0.272. The number of hydrogen-bond acceptors (Lipinski definition) is 2. The summed E-state index contributed by atoms with van der Waals surface area (Å²) in [5.41, 5.74) is 1.27. The van der Waals surface area contributed by atoms with Crippen molar-refractivity contribution in [3.63, 3.8) is 0 Å². The highest BCUT2D eigenvalue weighted by molar-refractivity contribution is 8.01. The molecule has 13 heavy (non-hydrogen) atoms. The Morgan fingerprint density at radius 3 is 3.00 bits per heavy atom. The summed E-state index contributed by atoms with van der Waals surface area (Å²) in [6, 6.07) is 8.14. The van der Waals surface area contributed by atoms with Gasteiger partial charge in [-0.3, -0.25) is 4.79 Å². The number of fused-ring (bicyclic) bond motifs is 1. The molecule has 0 fully saturated rings. The van der Waals surface area contributed by atoms with E-state index in [1.165, 1.54) is 10.5 Å². The molecule has 0 spiro atoms. The highest BCUT2D eigenvalue weighted by Crippen LogP contribution is 2.37. The molecular formula is C10H9ClOS. The first-order valence-electron chi connectivity index (χ1n) is 4.14. The van der Waals surface area contributed by atoms with Crippen LogP contribution in [0, 0.1) is 0 Å². The van der Waals surface area contributed by atoms with Crippen molar-refractivity contribution in [2.24, 2.45) is 0 Å². The van der Waals surface area contributed by atoms with Crippen LogP contribution in [0.15, 0.2) is 29.2 Å². The molecule has 68 valence electrons. The first-order valence-corrected chi connectivity index (χ1v) is 5.56. The third kappa shape index (κ3) is 1.74. The van der Waals surface area contributed by atoms with Crippen molar-refractivity contribution < 1.29 is 4.79 Å². The zero-order valence-corrected chi connectivity index (χ0v) is 8.57. The van der Waals surface area contributed by atoms with Crippen LogP contribution in [-0.4, -0.2) is 16.9 Å². The topological polar surface area (TPSA) is 17.1 Å². The van der Waals surface area contributed by atoms with Gasteiger partial charge in [-0.25, -0.2) is 0 Å². The lowest BCUT2D eigenvalue weighted by molar-refractivity contribution is -0.116. The normalized spacial score (nSPS) is 19.9. The maximum atomic E-state index is 11.3. The molecule has 1 heterocycles. The van der Waals surface area contributed by atoms with Gasteiger partial charge in [0.1, 0.15) is 0 Å². The van der Waals surface area contributed by atoms with Crippen molar-refractivity contribution in [1.82, 2.24) is 0 Å². The average Bonchev–Trinajstić information content (AvgIpc) is 2.59. The van der Waals surface area contributed by atoms with E-state index in [1.807, 2.05) is 12.1 Å². The summed E-state index contributed by atoms with van der Waals surface area (Å²) in [4.78, 5) is 12.6. The Labute approximate surface area is 86.5 Å². The number of ketones is 1. The van der Waals surface area contributed by atoms with E-state index in [0.29, 0.717) is 0 Å². The molecule has 0 aromatic heterocycles. The number of rotatable bonds is 2. The van der Waals surface area contributed by atoms with Crippen molar-refractivity contribution in [3.05, 3.63) is 29.8 Å². The summed E-state index contributed by atoms with van der Waals surface area (Å²) in [6.45, 7) is 0. The second kappa shape index (κ2) is 3.72. The van der Waals surface area contributed by atoms with Crippen LogP contribution >= 0.6 is 23.4 Å². The molecule has 1 aromatic rings. The Morgan fingerprint density at radius 1 is 1.54 bits per heavy atom. The number of hydrogen-bond donors (Lipinski definition) is 0.